The monoisotopic (exact) mass is 650 g/mol. The normalized spacial score (nSPS) is 23.0. The molecule has 1 aliphatic heterocycles. The van der Waals surface area contributed by atoms with E-state index in [-0.39, 0.29) is 49.1 Å². The first-order chi connectivity index (χ1) is 21.9. The van der Waals surface area contributed by atoms with E-state index in [9.17, 15) is 14.4 Å². The van der Waals surface area contributed by atoms with Crippen molar-refractivity contribution in [3.05, 3.63) is 12.2 Å². The molecule has 0 spiro atoms. The number of esters is 1. The van der Waals surface area contributed by atoms with Gasteiger partial charge in [-0.3, -0.25) is 9.59 Å². The van der Waals surface area contributed by atoms with E-state index >= 15 is 0 Å². The molecule has 2 aliphatic rings. The number of unbranched alkanes of at least 4 members (excludes halogenated alkanes) is 10. The second kappa shape index (κ2) is 21.7. The van der Waals surface area contributed by atoms with Crippen LogP contribution in [0.4, 0.5) is 4.79 Å². The van der Waals surface area contributed by atoms with Crippen LogP contribution < -0.4 is 16.0 Å². The van der Waals surface area contributed by atoms with Crippen LogP contribution in [-0.2, 0) is 23.8 Å². The highest BCUT2D eigenvalue weighted by Crippen LogP contribution is 2.34. The largest absolute Gasteiger partial charge is 0.460 e. The second-order valence-corrected chi connectivity index (χ2v) is 14.7. The predicted octanol–water partition coefficient (Wildman–Crippen LogP) is 7.86. The third-order valence-corrected chi connectivity index (χ3v) is 9.10. The molecule has 0 bridgehead atoms. The van der Waals surface area contributed by atoms with Gasteiger partial charge in [-0.25, -0.2) is 4.79 Å². The predicted molar refractivity (Wildman–Crippen MR) is 184 cm³/mol. The number of urea groups is 1. The third-order valence-electron chi connectivity index (χ3n) is 9.10. The molecule has 1 saturated carbocycles. The summed E-state index contributed by atoms with van der Waals surface area (Å²) in [5.41, 5.74) is -0.483. The van der Waals surface area contributed by atoms with Gasteiger partial charge in [-0.2, -0.15) is 0 Å². The Morgan fingerprint density at radius 1 is 0.891 bits per heavy atom. The first kappa shape index (κ1) is 40.0. The molecule has 0 radical (unpaired) electrons. The average molecular weight is 650 g/mol. The average Bonchev–Trinajstić information content (AvgIpc) is 2.99. The summed E-state index contributed by atoms with van der Waals surface area (Å²) < 4.78 is 17.3. The van der Waals surface area contributed by atoms with Crippen molar-refractivity contribution in [1.29, 1.82) is 0 Å². The Labute approximate surface area is 280 Å². The van der Waals surface area contributed by atoms with Crippen molar-refractivity contribution in [2.45, 2.75) is 187 Å². The summed E-state index contributed by atoms with van der Waals surface area (Å²) in [6, 6.07) is -0.335. The van der Waals surface area contributed by atoms with E-state index in [2.05, 4.69) is 35.0 Å². The summed E-state index contributed by atoms with van der Waals surface area (Å²) >= 11 is 0. The van der Waals surface area contributed by atoms with Crippen molar-refractivity contribution < 1.29 is 28.6 Å². The number of nitrogens with one attached hydrogen (secondary N) is 3. The SMILES string of the molecule is CCCCCCCC/C=C/CCCCCCC(C)NC(=O)N[C@H]1CCCC[C@@H]1OC(=O)CCNC(=O)C1OC(C)(C)OCC1(C)C. The van der Waals surface area contributed by atoms with E-state index in [1.807, 2.05) is 20.8 Å². The standard InChI is InChI=1S/C37H67N3O6/c1-7-8-9-10-11-12-13-14-15-16-17-18-19-20-23-29(2)39-35(43)40-30-24-21-22-25-31(30)45-32(41)26-27-38-34(42)33-36(3,4)28-44-37(5,6)46-33/h14-15,29-31,33H,7-13,16-28H2,1-6H3,(H,38,42)(H2,39,40,43)/b15-14+/t29?,30-,31-,33?/m0/s1. The van der Waals surface area contributed by atoms with E-state index in [0.29, 0.717) is 13.0 Å². The first-order valence-corrected chi connectivity index (χ1v) is 18.4. The van der Waals surface area contributed by atoms with E-state index in [0.717, 1.165) is 38.5 Å². The number of ether oxygens (including phenoxy) is 3. The van der Waals surface area contributed by atoms with E-state index in [1.54, 1.807) is 13.8 Å². The van der Waals surface area contributed by atoms with Crippen LogP contribution in [-0.4, -0.2) is 61.1 Å². The number of allylic oxidation sites excluding steroid dienone is 2. The molecule has 46 heavy (non-hydrogen) atoms. The maximum Gasteiger partial charge on any atom is 0.315 e. The van der Waals surface area contributed by atoms with Gasteiger partial charge in [0.25, 0.3) is 0 Å². The molecule has 2 unspecified atom stereocenters. The minimum atomic E-state index is -0.840. The van der Waals surface area contributed by atoms with Crippen LogP contribution in [0, 0.1) is 5.41 Å². The summed E-state index contributed by atoms with van der Waals surface area (Å²) in [7, 11) is 0. The van der Waals surface area contributed by atoms with Crippen LogP contribution >= 0.6 is 0 Å². The van der Waals surface area contributed by atoms with Gasteiger partial charge < -0.3 is 30.2 Å². The maximum absolute atomic E-state index is 12.8. The quantitative estimate of drug-likeness (QED) is 0.0663. The summed E-state index contributed by atoms with van der Waals surface area (Å²) in [6.45, 7) is 12.3. The molecule has 1 saturated heterocycles. The van der Waals surface area contributed by atoms with Crippen LogP contribution in [0.15, 0.2) is 12.2 Å². The van der Waals surface area contributed by atoms with Gasteiger partial charge in [0.2, 0.25) is 5.91 Å². The number of rotatable bonds is 21. The summed E-state index contributed by atoms with van der Waals surface area (Å²) in [4.78, 5) is 38.3. The zero-order valence-electron chi connectivity index (χ0n) is 30.1. The lowest BCUT2D eigenvalue weighted by molar-refractivity contribution is -0.304. The van der Waals surface area contributed by atoms with Crippen LogP contribution in [0.25, 0.3) is 0 Å². The fraction of sp³-hybridized carbons (Fsp3) is 0.865. The van der Waals surface area contributed by atoms with Crippen LogP contribution in [0.1, 0.15) is 157 Å². The number of amides is 3. The summed E-state index contributed by atoms with van der Waals surface area (Å²) in [5.74, 6) is -1.48. The molecule has 9 nitrogen and oxygen atoms in total. The van der Waals surface area contributed by atoms with Gasteiger partial charge in [0.15, 0.2) is 5.79 Å². The van der Waals surface area contributed by atoms with Crippen molar-refractivity contribution in [3.63, 3.8) is 0 Å². The lowest BCUT2D eigenvalue weighted by Crippen LogP contribution is -2.56. The van der Waals surface area contributed by atoms with Crippen LogP contribution in [0.5, 0.6) is 0 Å². The molecule has 0 aromatic rings. The van der Waals surface area contributed by atoms with Crippen molar-refractivity contribution in [3.8, 4) is 0 Å². The highest BCUT2D eigenvalue weighted by atomic mass is 16.7. The molecule has 9 heteroatoms. The van der Waals surface area contributed by atoms with Gasteiger partial charge in [-0.1, -0.05) is 90.7 Å². The Morgan fingerprint density at radius 3 is 2.22 bits per heavy atom. The summed E-state index contributed by atoms with van der Waals surface area (Å²) in [5, 5.41) is 8.95. The minimum absolute atomic E-state index is 0.0563. The smallest absolute Gasteiger partial charge is 0.315 e. The second-order valence-electron chi connectivity index (χ2n) is 14.7. The van der Waals surface area contributed by atoms with Crippen molar-refractivity contribution in [2.24, 2.45) is 5.41 Å². The highest BCUT2D eigenvalue weighted by molar-refractivity contribution is 5.82. The van der Waals surface area contributed by atoms with E-state index < -0.39 is 17.3 Å². The Balaban J connectivity index is 1.58. The number of hydrogen-bond acceptors (Lipinski definition) is 6. The fourth-order valence-corrected chi connectivity index (χ4v) is 6.18. The Kier molecular flexibility index (Phi) is 18.9. The van der Waals surface area contributed by atoms with E-state index in [1.165, 1.54) is 64.2 Å². The molecule has 3 amide bonds. The first-order valence-electron chi connectivity index (χ1n) is 18.4. The topological polar surface area (TPSA) is 115 Å². The lowest BCUT2D eigenvalue weighted by Gasteiger charge is -2.44. The molecule has 2 rings (SSSR count). The zero-order chi connectivity index (χ0) is 33.8. The molecule has 1 aliphatic carbocycles. The summed E-state index contributed by atoms with van der Waals surface area (Å²) in [6.07, 6.45) is 23.3. The van der Waals surface area contributed by atoms with E-state index in [4.69, 9.17) is 14.2 Å². The molecule has 0 aromatic heterocycles. The Morgan fingerprint density at radius 2 is 1.52 bits per heavy atom. The van der Waals surface area contributed by atoms with Gasteiger partial charge in [0.1, 0.15) is 12.2 Å². The van der Waals surface area contributed by atoms with Gasteiger partial charge >= 0.3 is 12.0 Å². The fourth-order valence-electron chi connectivity index (χ4n) is 6.18. The Hall–Kier alpha value is -2.13. The number of carbonyl (C=O) groups is 3. The third kappa shape index (κ3) is 16.6. The maximum atomic E-state index is 12.8. The molecular weight excluding hydrogens is 582 g/mol. The highest BCUT2D eigenvalue weighted by Gasteiger charge is 2.45. The van der Waals surface area contributed by atoms with Crippen molar-refractivity contribution in [1.82, 2.24) is 16.0 Å². The molecule has 4 atom stereocenters. The van der Waals surface area contributed by atoms with Crippen molar-refractivity contribution in [2.75, 3.05) is 13.2 Å². The van der Waals surface area contributed by atoms with Gasteiger partial charge in [0, 0.05) is 18.0 Å². The molecule has 1 heterocycles. The number of hydrogen-bond donors (Lipinski definition) is 3. The molecule has 266 valence electrons. The lowest BCUT2D eigenvalue weighted by atomic mass is 9.85. The van der Waals surface area contributed by atoms with Gasteiger partial charge in [0.05, 0.1) is 19.1 Å². The zero-order valence-corrected chi connectivity index (χ0v) is 30.1. The van der Waals surface area contributed by atoms with Gasteiger partial charge in [-0.05, 0) is 72.1 Å². The molecular formula is C37H67N3O6. The van der Waals surface area contributed by atoms with Crippen LogP contribution in [0.3, 0.4) is 0 Å². The van der Waals surface area contributed by atoms with Crippen LogP contribution in [0.2, 0.25) is 0 Å². The molecule has 2 fully saturated rings. The Bertz CT molecular complexity index is 921. The van der Waals surface area contributed by atoms with Gasteiger partial charge in [-0.15, -0.1) is 0 Å². The molecule has 3 N–H and O–H groups in total. The minimum Gasteiger partial charge on any atom is -0.460 e. The number of carbonyl (C=O) groups excluding carboxylic acids is 3. The molecule has 0 aromatic carbocycles. The van der Waals surface area contributed by atoms with Crippen molar-refractivity contribution >= 4 is 17.9 Å².